The van der Waals surface area contributed by atoms with Crippen molar-refractivity contribution in [1.29, 1.82) is 0 Å². The highest BCUT2D eigenvalue weighted by Gasteiger charge is 2.26. The van der Waals surface area contributed by atoms with Gasteiger partial charge in [0.15, 0.2) is 5.96 Å². The summed E-state index contributed by atoms with van der Waals surface area (Å²) in [5, 5.41) is 6.70. The van der Waals surface area contributed by atoms with Gasteiger partial charge in [-0.25, -0.2) is 0 Å². The fraction of sp³-hybridized carbons (Fsp3) is 0.600. The molecular weight excluding hydrogens is 344 g/mol. The van der Waals surface area contributed by atoms with Gasteiger partial charge in [-0.1, -0.05) is 25.1 Å². The highest BCUT2D eigenvalue weighted by atomic mass is 32.2. The molecule has 0 aliphatic carbocycles. The van der Waals surface area contributed by atoms with Crippen molar-refractivity contribution in [3.63, 3.8) is 0 Å². The predicted octanol–water partition coefficient (Wildman–Crippen LogP) is 3.12. The van der Waals surface area contributed by atoms with Crippen LogP contribution in [0.4, 0.5) is 0 Å². The molecule has 5 nitrogen and oxygen atoms in total. The van der Waals surface area contributed by atoms with Gasteiger partial charge in [-0.3, -0.25) is 9.79 Å². The van der Waals surface area contributed by atoms with E-state index in [0.717, 1.165) is 57.2 Å². The number of benzene rings is 1. The van der Waals surface area contributed by atoms with Crippen LogP contribution in [0.3, 0.4) is 0 Å². The van der Waals surface area contributed by atoms with E-state index in [1.165, 1.54) is 4.90 Å². The molecule has 0 bridgehead atoms. The monoisotopic (exact) mass is 376 g/mol. The lowest BCUT2D eigenvalue weighted by Gasteiger charge is -2.26. The van der Waals surface area contributed by atoms with Gasteiger partial charge in [0.2, 0.25) is 5.91 Å². The number of hydrogen-bond donors (Lipinski definition) is 2. The zero-order valence-corrected chi connectivity index (χ0v) is 16.9. The van der Waals surface area contributed by atoms with Crippen molar-refractivity contribution >= 4 is 23.6 Å². The maximum absolute atomic E-state index is 11.9. The topological polar surface area (TPSA) is 56.7 Å². The van der Waals surface area contributed by atoms with E-state index in [9.17, 15) is 4.79 Å². The molecule has 0 spiro atoms. The molecule has 1 unspecified atom stereocenters. The van der Waals surface area contributed by atoms with Crippen molar-refractivity contribution in [2.45, 2.75) is 50.5 Å². The van der Waals surface area contributed by atoms with Gasteiger partial charge >= 0.3 is 0 Å². The second kappa shape index (κ2) is 11.8. The van der Waals surface area contributed by atoms with E-state index in [-0.39, 0.29) is 0 Å². The zero-order chi connectivity index (χ0) is 18.6. The summed E-state index contributed by atoms with van der Waals surface area (Å²) in [6.45, 7) is 7.60. The van der Waals surface area contributed by atoms with E-state index < -0.39 is 0 Å². The Kier molecular flexibility index (Phi) is 9.39. The third-order valence-electron chi connectivity index (χ3n) is 4.50. The van der Waals surface area contributed by atoms with Crippen molar-refractivity contribution in [2.24, 2.45) is 4.99 Å². The second-order valence-corrected chi connectivity index (χ2v) is 7.56. The first kappa shape index (κ1) is 20.6. The van der Waals surface area contributed by atoms with E-state index in [4.69, 9.17) is 0 Å². The van der Waals surface area contributed by atoms with E-state index >= 15 is 0 Å². The van der Waals surface area contributed by atoms with Gasteiger partial charge < -0.3 is 15.5 Å². The average molecular weight is 377 g/mol. The van der Waals surface area contributed by atoms with Crippen molar-refractivity contribution in [3.8, 4) is 0 Å². The Morgan fingerprint density at radius 2 is 2.08 bits per heavy atom. The Morgan fingerprint density at radius 1 is 1.27 bits per heavy atom. The van der Waals surface area contributed by atoms with E-state index in [2.05, 4.69) is 53.7 Å². The summed E-state index contributed by atoms with van der Waals surface area (Å²) >= 11 is 1.84. The summed E-state index contributed by atoms with van der Waals surface area (Å²) in [7, 11) is 0. The van der Waals surface area contributed by atoms with Crippen LogP contribution < -0.4 is 10.6 Å². The summed E-state index contributed by atoms with van der Waals surface area (Å²) in [5.41, 5.74) is 0. The minimum Gasteiger partial charge on any atom is -0.357 e. The normalized spacial score (nSPS) is 16.0. The third kappa shape index (κ3) is 6.90. The molecule has 0 saturated carbocycles. The summed E-state index contributed by atoms with van der Waals surface area (Å²) in [6, 6.07) is 10.8. The molecule has 1 atom stereocenters. The standard InChI is InChI=1S/C20H32N4OS/c1-3-17(24-15-8-11-19(24)25)12-13-22-20(21-4-2)23-14-16-26-18-9-6-5-7-10-18/h5-7,9-10,17H,3-4,8,11-16H2,1-2H3,(H2,21,22,23). The predicted molar refractivity (Wildman–Crippen MR) is 111 cm³/mol. The lowest BCUT2D eigenvalue weighted by atomic mass is 10.1. The molecule has 0 radical (unpaired) electrons. The van der Waals surface area contributed by atoms with E-state index in [1.807, 2.05) is 22.7 Å². The first-order valence-electron chi connectivity index (χ1n) is 9.74. The number of nitrogens with one attached hydrogen (secondary N) is 2. The number of nitrogens with zero attached hydrogens (tertiary/aromatic N) is 2. The molecule has 1 aromatic rings. The SMILES string of the molecule is CCNC(=NCCC(CC)N1CCCC1=O)NCCSc1ccccc1. The van der Waals surface area contributed by atoms with Crippen molar-refractivity contribution in [2.75, 3.05) is 31.9 Å². The van der Waals surface area contributed by atoms with Gasteiger partial charge in [-0.15, -0.1) is 11.8 Å². The maximum atomic E-state index is 11.9. The van der Waals surface area contributed by atoms with Crippen LogP contribution in [0, 0.1) is 0 Å². The van der Waals surface area contributed by atoms with Gasteiger partial charge in [0.25, 0.3) is 0 Å². The molecule has 26 heavy (non-hydrogen) atoms. The molecule has 144 valence electrons. The molecule has 1 fully saturated rings. The fourth-order valence-corrected chi connectivity index (χ4v) is 3.95. The number of guanidine groups is 1. The molecule has 1 aliphatic rings. The van der Waals surface area contributed by atoms with Gasteiger partial charge in [0.1, 0.15) is 0 Å². The zero-order valence-electron chi connectivity index (χ0n) is 16.0. The third-order valence-corrected chi connectivity index (χ3v) is 5.52. The highest BCUT2D eigenvalue weighted by Crippen LogP contribution is 2.18. The largest absolute Gasteiger partial charge is 0.357 e. The minimum absolute atomic E-state index is 0.309. The maximum Gasteiger partial charge on any atom is 0.222 e. The van der Waals surface area contributed by atoms with Crippen LogP contribution >= 0.6 is 11.8 Å². The Hall–Kier alpha value is -1.69. The summed E-state index contributed by atoms with van der Waals surface area (Å²) in [6.07, 6.45) is 3.64. The molecule has 1 heterocycles. The van der Waals surface area contributed by atoms with Crippen molar-refractivity contribution in [1.82, 2.24) is 15.5 Å². The quantitative estimate of drug-likeness (QED) is 0.285. The fourth-order valence-electron chi connectivity index (χ4n) is 3.16. The minimum atomic E-state index is 0.309. The molecule has 1 amide bonds. The highest BCUT2D eigenvalue weighted by molar-refractivity contribution is 7.99. The van der Waals surface area contributed by atoms with Crippen LogP contribution in [0.2, 0.25) is 0 Å². The number of carbonyl (C=O) groups is 1. The molecule has 2 N–H and O–H groups in total. The number of aliphatic imine (C=N–C) groups is 1. The molecule has 1 saturated heterocycles. The molecule has 0 aromatic heterocycles. The van der Waals surface area contributed by atoms with Crippen LogP contribution in [0.15, 0.2) is 40.2 Å². The van der Waals surface area contributed by atoms with Gasteiger partial charge in [0, 0.05) is 49.3 Å². The first-order valence-corrected chi connectivity index (χ1v) is 10.7. The number of rotatable bonds is 10. The lowest BCUT2D eigenvalue weighted by molar-refractivity contribution is -0.129. The Balaban J connectivity index is 1.73. The Morgan fingerprint density at radius 3 is 2.73 bits per heavy atom. The molecule has 6 heteroatoms. The van der Waals surface area contributed by atoms with Crippen LogP contribution in [0.25, 0.3) is 0 Å². The smallest absolute Gasteiger partial charge is 0.222 e. The van der Waals surface area contributed by atoms with E-state index in [1.54, 1.807) is 0 Å². The second-order valence-electron chi connectivity index (χ2n) is 6.39. The lowest BCUT2D eigenvalue weighted by Crippen LogP contribution is -2.39. The summed E-state index contributed by atoms with van der Waals surface area (Å²) < 4.78 is 0. The van der Waals surface area contributed by atoms with Gasteiger partial charge in [-0.05, 0) is 38.3 Å². The molecular formula is C20H32N4OS. The summed E-state index contributed by atoms with van der Waals surface area (Å²) in [4.78, 5) is 20.0. The average Bonchev–Trinajstić information content (AvgIpc) is 3.09. The number of amides is 1. The van der Waals surface area contributed by atoms with Crippen molar-refractivity contribution in [3.05, 3.63) is 30.3 Å². The molecule has 1 aromatic carbocycles. The van der Waals surface area contributed by atoms with Crippen molar-refractivity contribution < 1.29 is 4.79 Å². The van der Waals surface area contributed by atoms with Gasteiger partial charge in [0.05, 0.1) is 0 Å². The summed E-state index contributed by atoms with van der Waals surface area (Å²) in [5.74, 6) is 2.17. The number of hydrogen-bond acceptors (Lipinski definition) is 3. The molecule has 2 rings (SSSR count). The number of thioether (sulfide) groups is 1. The van der Waals surface area contributed by atoms with Crippen LogP contribution in [-0.4, -0.2) is 54.7 Å². The Bertz CT molecular complexity index is 564. The molecule has 1 aliphatic heterocycles. The van der Waals surface area contributed by atoms with Crippen LogP contribution in [-0.2, 0) is 4.79 Å². The number of carbonyl (C=O) groups excluding carboxylic acids is 1. The first-order chi connectivity index (χ1) is 12.7. The van der Waals surface area contributed by atoms with Crippen LogP contribution in [0.5, 0.6) is 0 Å². The van der Waals surface area contributed by atoms with Gasteiger partial charge in [-0.2, -0.15) is 0 Å². The Labute approximate surface area is 162 Å². The van der Waals surface area contributed by atoms with Crippen LogP contribution in [0.1, 0.15) is 39.5 Å². The number of likely N-dealkylation sites (tertiary alicyclic amines) is 1. The van der Waals surface area contributed by atoms with E-state index in [0.29, 0.717) is 18.4 Å².